The standard InChI is InChI=1S/C64H119NO8/c1-6-8-10-12-14-16-18-20-21-22-23-24-25-26-27-28-29-30-31-32-33-34-35-36-37-38-39-40-41-43-44-46-48-50-52-54-61(66)71-58-60(59-72-64(63(68)69)70-57-56-65(3,4)5)73-62(67)55-53-51-49-47-45-42-19-17-15-13-11-9-7-2/h9,11,15,17,42,45,60,64H,6-8,10,12-14,16,18-41,43-44,46-59H2,1-5H3/b11-9-,17-15-,45-42-. The first kappa shape index (κ1) is 70.5. The van der Waals surface area contributed by atoms with Gasteiger partial charge >= 0.3 is 11.9 Å². The first-order chi connectivity index (χ1) is 35.6. The van der Waals surface area contributed by atoms with Gasteiger partial charge in [-0.15, -0.1) is 0 Å². The van der Waals surface area contributed by atoms with Crippen LogP contribution in [-0.2, 0) is 33.3 Å². The van der Waals surface area contributed by atoms with E-state index < -0.39 is 24.3 Å². The van der Waals surface area contributed by atoms with Crippen molar-refractivity contribution in [1.82, 2.24) is 0 Å². The maximum Gasteiger partial charge on any atom is 0.306 e. The summed E-state index contributed by atoms with van der Waals surface area (Å²) in [6, 6.07) is 0. The van der Waals surface area contributed by atoms with Gasteiger partial charge in [0.1, 0.15) is 13.2 Å². The highest BCUT2D eigenvalue weighted by Crippen LogP contribution is 2.18. The van der Waals surface area contributed by atoms with Crippen LogP contribution in [0.15, 0.2) is 36.5 Å². The number of quaternary nitrogens is 1. The molecule has 0 aliphatic rings. The van der Waals surface area contributed by atoms with Crippen LogP contribution in [0.4, 0.5) is 0 Å². The van der Waals surface area contributed by atoms with Crippen molar-refractivity contribution in [3.8, 4) is 0 Å². The summed E-state index contributed by atoms with van der Waals surface area (Å²) in [5.41, 5.74) is 0. The summed E-state index contributed by atoms with van der Waals surface area (Å²) >= 11 is 0. The second-order valence-electron chi connectivity index (χ2n) is 22.3. The fourth-order valence-corrected chi connectivity index (χ4v) is 9.14. The molecule has 0 saturated carbocycles. The molecule has 0 fully saturated rings. The van der Waals surface area contributed by atoms with Gasteiger partial charge < -0.3 is 33.3 Å². The maximum absolute atomic E-state index is 12.8. The van der Waals surface area contributed by atoms with E-state index >= 15 is 0 Å². The minimum absolute atomic E-state index is 0.143. The van der Waals surface area contributed by atoms with Crippen LogP contribution in [0.1, 0.15) is 296 Å². The molecular formula is C64H119NO8. The molecule has 0 saturated heterocycles. The first-order valence-electron chi connectivity index (χ1n) is 31.1. The molecule has 9 heteroatoms. The number of likely N-dealkylation sites (N-methyl/N-ethyl adjacent to an activating group) is 1. The molecule has 0 N–H and O–H groups in total. The number of carboxylic acids is 1. The van der Waals surface area contributed by atoms with Crippen molar-refractivity contribution in [2.45, 2.75) is 309 Å². The molecule has 0 rings (SSSR count). The van der Waals surface area contributed by atoms with E-state index in [9.17, 15) is 19.5 Å². The zero-order valence-electron chi connectivity index (χ0n) is 48.8. The van der Waals surface area contributed by atoms with Gasteiger partial charge in [-0.25, -0.2) is 0 Å². The number of hydrogen-bond donors (Lipinski definition) is 0. The number of nitrogens with zero attached hydrogens (tertiary/aromatic N) is 1. The van der Waals surface area contributed by atoms with Crippen LogP contribution >= 0.6 is 0 Å². The zero-order valence-corrected chi connectivity index (χ0v) is 48.8. The first-order valence-corrected chi connectivity index (χ1v) is 31.1. The molecule has 2 unspecified atom stereocenters. The highest BCUT2D eigenvalue weighted by Gasteiger charge is 2.22. The smallest absolute Gasteiger partial charge is 0.306 e. The lowest BCUT2D eigenvalue weighted by Gasteiger charge is -2.26. The molecule has 0 aromatic carbocycles. The third-order valence-corrected chi connectivity index (χ3v) is 13.9. The molecule has 73 heavy (non-hydrogen) atoms. The molecule has 9 nitrogen and oxygen atoms in total. The number of unbranched alkanes of at least 4 members (excludes halogenated alkanes) is 37. The van der Waals surface area contributed by atoms with Crippen LogP contribution in [0, 0.1) is 0 Å². The van der Waals surface area contributed by atoms with Gasteiger partial charge in [-0.1, -0.05) is 275 Å². The quantitative estimate of drug-likeness (QED) is 0.0195. The van der Waals surface area contributed by atoms with Crippen molar-refractivity contribution in [2.24, 2.45) is 0 Å². The highest BCUT2D eigenvalue weighted by molar-refractivity contribution is 5.70. The summed E-state index contributed by atoms with van der Waals surface area (Å²) in [5.74, 6) is -2.31. The molecule has 428 valence electrons. The summed E-state index contributed by atoms with van der Waals surface area (Å²) in [6.45, 7) is 4.63. The Kier molecular flexibility index (Phi) is 53.8. The molecular weight excluding hydrogens is 911 g/mol. The highest BCUT2D eigenvalue weighted by atomic mass is 16.7. The third kappa shape index (κ3) is 57.1. The molecule has 0 radical (unpaired) electrons. The lowest BCUT2D eigenvalue weighted by molar-refractivity contribution is -0.870. The van der Waals surface area contributed by atoms with Crippen molar-refractivity contribution in [3.63, 3.8) is 0 Å². The fourth-order valence-electron chi connectivity index (χ4n) is 9.14. The van der Waals surface area contributed by atoms with E-state index in [2.05, 4.69) is 50.3 Å². The van der Waals surface area contributed by atoms with Gasteiger partial charge in [0, 0.05) is 12.8 Å². The Bertz CT molecular complexity index is 1290. The Morgan fingerprint density at radius 3 is 1.16 bits per heavy atom. The fraction of sp³-hybridized carbons (Fsp3) is 0.859. The molecule has 0 aliphatic carbocycles. The minimum Gasteiger partial charge on any atom is -0.545 e. The molecule has 0 heterocycles. The van der Waals surface area contributed by atoms with Gasteiger partial charge in [0.2, 0.25) is 0 Å². The second kappa shape index (κ2) is 55.7. The Morgan fingerprint density at radius 2 is 0.781 bits per heavy atom. The molecule has 2 atom stereocenters. The molecule has 0 amide bonds. The largest absolute Gasteiger partial charge is 0.545 e. The lowest BCUT2D eigenvalue weighted by atomic mass is 10.0. The third-order valence-electron chi connectivity index (χ3n) is 13.9. The number of hydrogen-bond acceptors (Lipinski definition) is 8. The van der Waals surface area contributed by atoms with Crippen LogP contribution in [-0.4, -0.2) is 82.3 Å². The summed E-state index contributed by atoms with van der Waals surface area (Å²) in [4.78, 5) is 37.2. The van der Waals surface area contributed by atoms with Crippen LogP contribution in [0.2, 0.25) is 0 Å². The summed E-state index contributed by atoms with van der Waals surface area (Å²) in [5, 5.41) is 11.7. The number of esters is 2. The Hall–Kier alpha value is -2.49. The van der Waals surface area contributed by atoms with E-state index in [-0.39, 0.29) is 38.6 Å². The summed E-state index contributed by atoms with van der Waals surface area (Å²) in [6.07, 6.45) is 65.4. The minimum atomic E-state index is -1.63. The van der Waals surface area contributed by atoms with E-state index in [1.807, 2.05) is 21.1 Å². The Morgan fingerprint density at radius 1 is 0.425 bits per heavy atom. The van der Waals surface area contributed by atoms with E-state index in [1.165, 1.54) is 205 Å². The van der Waals surface area contributed by atoms with E-state index in [4.69, 9.17) is 18.9 Å². The van der Waals surface area contributed by atoms with E-state index in [1.54, 1.807) is 0 Å². The number of ether oxygens (including phenoxy) is 4. The number of allylic oxidation sites excluding steroid dienone is 6. The van der Waals surface area contributed by atoms with Gasteiger partial charge in [-0.2, -0.15) is 0 Å². The number of carboxylic acid groups (broad SMARTS) is 1. The van der Waals surface area contributed by atoms with Crippen LogP contribution in [0.25, 0.3) is 0 Å². The van der Waals surface area contributed by atoms with Gasteiger partial charge in [0.25, 0.3) is 0 Å². The molecule has 0 aliphatic heterocycles. The molecule has 0 spiro atoms. The van der Waals surface area contributed by atoms with Crippen molar-refractivity contribution < 1.29 is 42.9 Å². The number of aliphatic carboxylic acids is 1. The number of carbonyl (C=O) groups excluding carboxylic acids is 3. The lowest BCUT2D eigenvalue weighted by Crippen LogP contribution is -2.44. The number of carbonyl (C=O) groups is 3. The zero-order chi connectivity index (χ0) is 53.4. The van der Waals surface area contributed by atoms with Crippen molar-refractivity contribution in [1.29, 1.82) is 0 Å². The predicted molar refractivity (Wildman–Crippen MR) is 306 cm³/mol. The van der Waals surface area contributed by atoms with Gasteiger partial charge in [0.05, 0.1) is 40.3 Å². The maximum atomic E-state index is 12.8. The van der Waals surface area contributed by atoms with Gasteiger partial charge in [-0.05, 0) is 44.9 Å². The number of rotatable bonds is 58. The van der Waals surface area contributed by atoms with E-state index in [0.717, 1.165) is 57.8 Å². The average molecular weight is 1030 g/mol. The van der Waals surface area contributed by atoms with Crippen molar-refractivity contribution in [3.05, 3.63) is 36.5 Å². The molecule has 0 aromatic rings. The van der Waals surface area contributed by atoms with Crippen LogP contribution in [0.5, 0.6) is 0 Å². The van der Waals surface area contributed by atoms with E-state index in [0.29, 0.717) is 17.4 Å². The SMILES string of the molecule is CC/C=C\C/C=C\C/C=C\CCCCCC(=O)OC(COC(=O)CCCCCCCCCCCCCCCCCCCCCCCCCCCCCCCCCCCCC)COC(OCC[N+](C)(C)C)C(=O)[O-]. The second-order valence-corrected chi connectivity index (χ2v) is 22.3. The van der Waals surface area contributed by atoms with Crippen molar-refractivity contribution >= 4 is 17.9 Å². The molecule has 0 bridgehead atoms. The Balaban J connectivity index is 3.95. The summed E-state index contributed by atoms with van der Waals surface area (Å²) in [7, 11) is 5.91. The molecule has 0 aromatic heterocycles. The van der Waals surface area contributed by atoms with Gasteiger partial charge in [0.15, 0.2) is 12.4 Å². The average Bonchev–Trinajstić information content (AvgIpc) is 3.36. The van der Waals surface area contributed by atoms with Crippen LogP contribution < -0.4 is 5.11 Å². The normalized spacial score (nSPS) is 12.9. The van der Waals surface area contributed by atoms with Gasteiger partial charge in [-0.3, -0.25) is 9.59 Å². The van der Waals surface area contributed by atoms with Crippen molar-refractivity contribution in [2.75, 3.05) is 47.5 Å². The van der Waals surface area contributed by atoms with Crippen LogP contribution in [0.3, 0.4) is 0 Å². The Labute approximate surface area is 451 Å². The monoisotopic (exact) mass is 1030 g/mol. The topological polar surface area (TPSA) is 111 Å². The summed E-state index contributed by atoms with van der Waals surface area (Å²) < 4.78 is 22.6. The predicted octanol–water partition coefficient (Wildman–Crippen LogP) is 17.1.